The van der Waals surface area contributed by atoms with Crippen molar-refractivity contribution in [3.05, 3.63) is 23.8 Å². The molecule has 2 rings (SSSR count). The van der Waals surface area contributed by atoms with Crippen LogP contribution >= 0.6 is 0 Å². The molecule has 5 heteroatoms. The largest absolute Gasteiger partial charge is 0.495 e. The van der Waals surface area contributed by atoms with E-state index in [4.69, 9.17) is 10.5 Å². The number of hydrogen-bond acceptors (Lipinski definition) is 4. The number of anilines is 1. The van der Waals surface area contributed by atoms with E-state index in [0.717, 1.165) is 30.8 Å². The molecule has 1 unspecified atom stereocenters. The average molecular weight is 277 g/mol. The zero-order chi connectivity index (χ0) is 14.5. The number of amides is 1. The standard InChI is InChI=1S/C15H23N3O2/c1-11-3-4-14(20-2)13(7-11)17-15(19)10-18-6-5-12(8-16)9-18/h3-4,7,12H,5-6,8-10,16H2,1-2H3,(H,17,19). The molecule has 1 amide bonds. The number of rotatable bonds is 5. The highest BCUT2D eigenvalue weighted by molar-refractivity contribution is 5.93. The molecule has 0 aromatic heterocycles. The Bertz CT molecular complexity index is 476. The van der Waals surface area contributed by atoms with Gasteiger partial charge in [0.15, 0.2) is 0 Å². The molecule has 1 aromatic carbocycles. The summed E-state index contributed by atoms with van der Waals surface area (Å²) < 4.78 is 5.26. The van der Waals surface area contributed by atoms with Crippen molar-refractivity contribution in [1.82, 2.24) is 4.90 Å². The van der Waals surface area contributed by atoms with Crippen LogP contribution in [-0.4, -0.2) is 44.1 Å². The fourth-order valence-electron chi connectivity index (χ4n) is 2.56. The molecule has 1 aromatic rings. The van der Waals surface area contributed by atoms with Crippen LogP contribution in [0.2, 0.25) is 0 Å². The maximum Gasteiger partial charge on any atom is 0.238 e. The lowest BCUT2D eigenvalue weighted by atomic mass is 10.1. The highest BCUT2D eigenvalue weighted by atomic mass is 16.5. The number of ether oxygens (including phenoxy) is 1. The number of nitrogens with one attached hydrogen (secondary N) is 1. The number of nitrogens with two attached hydrogens (primary N) is 1. The number of benzene rings is 1. The van der Waals surface area contributed by atoms with Gasteiger partial charge in [-0.15, -0.1) is 0 Å². The quantitative estimate of drug-likeness (QED) is 0.849. The Morgan fingerprint density at radius 3 is 3.00 bits per heavy atom. The summed E-state index contributed by atoms with van der Waals surface area (Å²) in [6.07, 6.45) is 1.08. The SMILES string of the molecule is COc1ccc(C)cc1NC(=O)CN1CCC(CN)C1. The molecule has 0 bridgehead atoms. The van der Waals surface area contributed by atoms with E-state index in [0.29, 0.717) is 24.8 Å². The molecule has 5 nitrogen and oxygen atoms in total. The van der Waals surface area contributed by atoms with E-state index in [1.165, 1.54) is 0 Å². The third-order valence-corrected chi connectivity index (χ3v) is 3.70. The van der Waals surface area contributed by atoms with Crippen molar-refractivity contribution in [2.75, 3.05) is 38.6 Å². The van der Waals surface area contributed by atoms with Gasteiger partial charge in [-0.2, -0.15) is 0 Å². The summed E-state index contributed by atoms with van der Waals surface area (Å²) in [5.41, 5.74) is 7.48. The van der Waals surface area contributed by atoms with Gasteiger partial charge in [-0.3, -0.25) is 9.69 Å². The molecule has 3 N–H and O–H groups in total. The van der Waals surface area contributed by atoms with Gasteiger partial charge in [0.25, 0.3) is 0 Å². The predicted octanol–water partition coefficient (Wildman–Crippen LogP) is 1.22. The molecule has 1 aliphatic rings. The smallest absolute Gasteiger partial charge is 0.238 e. The average Bonchev–Trinajstić information content (AvgIpc) is 2.86. The fourth-order valence-corrected chi connectivity index (χ4v) is 2.56. The van der Waals surface area contributed by atoms with Gasteiger partial charge in [-0.25, -0.2) is 0 Å². The molecule has 0 radical (unpaired) electrons. The lowest BCUT2D eigenvalue weighted by Crippen LogP contribution is -2.32. The highest BCUT2D eigenvalue weighted by Crippen LogP contribution is 2.25. The summed E-state index contributed by atoms with van der Waals surface area (Å²) in [7, 11) is 1.60. The van der Waals surface area contributed by atoms with Crippen LogP contribution in [0.25, 0.3) is 0 Å². The molecule has 0 aliphatic carbocycles. The minimum absolute atomic E-state index is 0.00780. The van der Waals surface area contributed by atoms with E-state index < -0.39 is 0 Å². The van der Waals surface area contributed by atoms with Crippen molar-refractivity contribution in [3.63, 3.8) is 0 Å². The van der Waals surface area contributed by atoms with Gasteiger partial charge >= 0.3 is 0 Å². The summed E-state index contributed by atoms with van der Waals surface area (Å²) in [5, 5.41) is 2.93. The molecule has 20 heavy (non-hydrogen) atoms. The van der Waals surface area contributed by atoms with Gasteiger partial charge in [0, 0.05) is 6.54 Å². The minimum atomic E-state index is -0.00780. The van der Waals surface area contributed by atoms with E-state index in [1.807, 2.05) is 25.1 Å². The van der Waals surface area contributed by atoms with Gasteiger partial charge in [-0.1, -0.05) is 6.07 Å². The van der Waals surface area contributed by atoms with Crippen molar-refractivity contribution >= 4 is 11.6 Å². The number of hydrogen-bond donors (Lipinski definition) is 2. The summed E-state index contributed by atoms with van der Waals surface area (Å²) in [4.78, 5) is 14.3. The Labute approximate surface area is 120 Å². The van der Waals surface area contributed by atoms with Crippen molar-refractivity contribution in [3.8, 4) is 5.75 Å². The zero-order valence-electron chi connectivity index (χ0n) is 12.2. The van der Waals surface area contributed by atoms with Crippen LogP contribution < -0.4 is 15.8 Å². The van der Waals surface area contributed by atoms with Gasteiger partial charge in [-0.05, 0) is 50.0 Å². The number of carbonyl (C=O) groups is 1. The first kappa shape index (κ1) is 14.8. The van der Waals surface area contributed by atoms with Crippen LogP contribution in [0.1, 0.15) is 12.0 Å². The van der Waals surface area contributed by atoms with Crippen molar-refractivity contribution in [2.45, 2.75) is 13.3 Å². The summed E-state index contributed by atoms with van der Waals surface area (Å²) >= 11 is 0. The van der Waals surface area contributed by atoms with Crippen LogP contribution in [0, 0.1) is 12.8 Å². The van der Waals surface area contributed by atoms with E-state index >= 15 is 0 Å². The molecule has 1 saturated heterocycles. The second-order valence-corrected chi connectivity index (χ2v) is 5.38. The second kappa shape index (κ2) is 6.72. The van der Waals surface area contributed by atoms with Gasteiger partial charge < -0.3 is 15.8 Å². The first-order valence-corrected chi connectivity index (χ1v) is 6.99. The molecule has 1 atom stereocenters. The molecule has 0 saturated carbocycles. The normalized spacial score (nSPS) is 19.1. The van der Waals surface area contributed by atoms with Crippen LogP contribution in [0.15, 0.2) is 18.2 Å². The maximum absolute atomic E-state index is 12.1. The Morgan fingerprint density at radius 2 is 2.35 bits per heavy atom. The zero-order valence-corrected chi connectivity index (χ0v) is 12.2. The monoisotopic (exact) mass is 277 g/mol. The topological polar surface area (TPSA) is 67.6 Å². The third-order valence-electron chi connectivity index (χ3n) is 3.70. The maximum atomic E-state index is 12.1. The van der Waals surface area contributed by atoms with Crippen LogP contribution in [0.5, 0.6) is 5.75 Å². The van der Waals surface area contributed by atoms with Crippen molar-refractivity contribution in [1.29, 1.82) is 0 Å². The van der Waals surface area contributed by atoms with Gasteiger partial charge in [0.2, 0.25) is 5.91 Å². The third kappa shape index (κ3) is 3.71. The first-order valence-electron chi connectivity index (χ1n) is 6.99. The Balaban J connectivity index is 1.93. The fraction of sp³-hybridized carbons (Fsp3) is 0.533. The number of nitrogens with zero attached hydrogens (tertiary/aromatic N) is 1. The van der Waals surface area contributed by atoms with E-state index in [-0.39, 0.29) is 5.91 Å². The van der Waals surface area contributed by atoms with E-state index in [9.17, 15) is 4.79 Å². The second-order valence-electron chi connectivity index (χ2n) is 5.38. The number of methoxy groups -OCH3 is 1. The number of likely N-dealkylation sites (tertiary alicyclic amines) is 1. The predicted molar refractivity (Wildman–Crippen MR) is 80.0 cm³/mol. The lowest BCUT2D eigenvalue weighted by Gasteiger charge is -2.16. The molecule has 0 spiro atoms. The highest BCUT2D eigenvalue weighted by Gasteiger charge is 2.23. The molecular formula is C15H23N3O2. The van der Waals surface area contributed by atoms with Crippen molar-refractivity contribution in [2.24, 2.45) is 11.7 Å². The first-order chi connectivity index (χ1) is 9.62. The van der Waals surface area contributed by atoms with Gasteiger partial charge in [0.1, 0.15) is 5.75 Å². The van der Waals surface area contributed by atoms with Crippen LogP contribution in [-0.2, 0) is 4.79 Å². The Hall–Kier alpha value is -1.59. The summed E-state index contributed by atoms with van der Waals surface area (Å²) in [6.45, 7) is 4.95. The Kier molecular flexibility index (Phi) is 4.98. The molecule has 1 heterocycles. The van der Waals surface area contributed by atoms with E-state index in [1.54, 1.807) is 7.11 Å². The number of aryl methyl sites for hydroxylation is 1. The van der Waals surface area contributed by atoms with Crippen LogP contribution in [0.3, 0.4) is 0 Å². The van der Waals surface area contributed by atoms with Crippen molar-refractivity contribution < 1.29 is 9.53 Å². The molecule has 1 fully saturated rings. The van der Waals surface area contributed by atoms with Crippen LogP contribution in [0.4, 0.5) is 5.69 Å². The van der Waals surface area contributed by atoms with Gasteiger partial charge in [0.05, 0.1) is 19.3 Å². The molecule has 110 valence electrons. The Morgan fingerprint density at radius 1 is 1.55 bits per heavy atom. The number of carbonyl (C=O) groups excluding carboxylic acids is 1. The molecular weight excluding hydrogens is 254 g/mol. The minimum Gasteiger partial charge on any atom is -0.495 e. The summed E-state index contributed by atoms with van der Waals surface area (Å²) in [6, 6.07) is 5.75. The summed E-state index contributed by atoms with van der Waals surface area (Å²) in [5.74, 6) is 1.20. The lowest BCUT2D eigenvalue weighted by molar-refractivity contribution is -0.117. The molecule has 1 aliphatic heterocycles. The van der Waals surface area contributed by atoms with E-state index in [2.05, 4.69) is 10.2 Å².